The van der Waals surface area contributed by atoms with Crippen molar-refractivity contribution in [3.05, 3.63) is 101 Å². The standard InChI is InChI=1S/C27H28N4OS/c1-20-12-13-24(16-21(20)2)32-15-14-31-19-23(25-10-6-7-11-26(25)31)18-29-30-27(33)28-17-22-8-4-3-5-9-22/h3-13,16,18-19H,14-15,17H2,1-2H3,(H2,28,30,33)/b29-18+. The van der Waals surface area contributed by atoms with Crippen molar-refractivity contribution in [3.63, 3.8) is 0 Å². The van der Waals surface area contributed by atoms with Gasteiger partial charge in [0.1, 0.15) is 12.4 Å². The smallest absolute Gasteiger partial charge is 0.187 e. The molecule has 0 atom stereocenters. The molecule has 6 heteroatoms. The van der Waals surface area contributed by atoms with Gasteiger partial charge in [-0.3, -0.25) is 5.43 Å². The molecule has 4 aromatic rings. The predicted molar refractivity (Wildman–Crippen MR) is 140 cm³/mol. The predicted octanol–water partition coefficient (Wildman–Crippen LogP) is 5.34. The van der Waals surface area contributed by atoms with Crippen LogP contribution in [-0.4, -0.2) is 22.5 Å². The Bertz CT molecular complexity index is 1260. The van der Waals surface area contributed by atoms with Crippen LogP contribution >= 0.6 is 12.2 Å². The summed E-state index contributed by atoms with van der Waals surface area (Å²) in [4.78, 5) is 0. The highest BCUT2D eigenvalue weighted by Gasteiger charge is 2.07. The van der Waals surface area contributed by atoms with E-state index in [1.165, 1.54) is 11.1 Å². The quantitative estimate of drug-likeness (QED) is 0.214. The van der Waals surface area contributed by atoms with E-state index in [2.05, 4.69) is 76.9 Å². The second kappa shape index (κ2) is 10.8. The van der Waals surface area contributed by atoms with E-state index in [0.717, 1.165) is 34.3 Å². The third-order valence-corrected chi connectivity index (χ3v) is 5.80. The molecule has 0 aliphatic rings. The number of thiocarbonyl (C=S) groups is 1. The second-order valence-electron chi connectivity index (χ2n) is 7.93. The van der Waals surface area contributed by atoms with Crippen molar-refractivity contribution >= 4 is 34.4 Å². The maximum absolute atomic E-state index is 5.99. The minimum atomic E-state index is 0.487. The largest absolute Gasteiger partial charge is 0.492 e. The van der Waals surface area contributed by atoms with Crippen LogP contribution in [0.5, 0.6) is 5.75 Å². The summed E-state index contributed by atoms with van der Waals surface area (Å²) >= 11 is 5.33. The Kier molecular flexibility index (Phi) is 7.37. The van der Waals surface area contributed by atoms with Gasteiger partial charge in [0.2, 0.25) is 0 Å². The molecule has 4 rings (SSSR count). The first-order valence-corrected chi connectivity index (χ1v) is 11.4. The average molecular weight is 457 g/mol. The summed E-state index contributed by atoms with van der Waals surface area (Å²) in [6.45, 7) is 6.19. The molecule has 0 amide bonds. The summed E-state index contributed by atoms with van der Waals surface area (Å²) in [5, 5.41) is 9.13. The van der Waals surface area contributed by atoms with Gasteiger partial charge in [0.25, 0.3) is 0 Å². The molecule has 168 valence electrons. The number of aromatic nitrogens is 1. The van der Waals surface area contributed by atoms with Gasteiger partial charge in [-0.25, -0.2) is 0 Å². The molecule has 0 unspecified atom stereocenters. The number of ether oxygens (including phenoxy) is 1. The molecule has 0 saturated heterocycles. The number of rotatable bonds is 8. The van der Waals surface area contributed by atoms with Crippen LogP contribution in [0.15, 0.2) is 84.1 Å². The minimum absolute atomic E-state index is 0.487. The Morgan fingerprint density at radius 2 is 1.79 bits per heavy atom. The minimum Gasteiger partial charge on any atom is -0.492 e. The molecule has 33 heavy (non-hydrogen) atoms. The SMILES string of the molecule is Cc1ccc(OCCn2cc(/C=N/NC(=S)NCc3ccccc3)c3ccccc32)cc1C. The number of benzene rings is 3. The van der Waals surface area contributed by atoms with Gasteiger partial charge < -0.3 is 14.6 Å². The molecule has 0 spiro atoms. The van der Waals surface area contributed by atoms with Gasteiger partial charge in [-0.05, 0) is 61.0 Å². The summed E-state index contributed by atoms with van der Waals surface area (Å²) in [7, 11) is 0. The van der Waals surface area contributed by atoms with Crippen LogP contribution < -0.4 is 15.5 Å². The zero-order valence-corrected chi connectivity index (χ0v) is 19.7. The average Bonchev–Trinajstić information content (AvgIpc) is 3.18. The molecule has 1 aromatic heterocycles. The first-order valence-electron chi connectivity index (χ1n) is 11.0. The molecule has 0 radical (unpaired) electrons. The van der Waals surface area contributed by atoms with Crippen molar-refractivity contribution in [3.8, 4) is 5.75 Å². The Hall–Kier alpha value is -3.64. The van der Waals surface area contributed by atoms with Crippen LogP contribution in [0, 0.1) is 13.8 Å². The third kappa shape index (κ3) is 5.99. The molecular weight excluding hydrogens is 428 g/mol. The molecule has 0 aliphatic carbocycles. The normalized spacial score (nSPS) is 11.1. The lowest BCUT2D eigenvalue weighted by Gasteiger charge is -2.10. The molecule has 0 bridgehead atoms. The number of hydrogen-bond donors (Lipinski definition) is 2. The molecular formula is C27H28N4OS. The topological polar surface area (TPSA) is 50.6 Å². The van der Waals surface area contributed by atoms with E-state index < -0.39 is 0 Å². The van der Waals surface area contributed by atoms with E-state index in [4.69, 9.17) is 17.0 Å². The molecule has 0 aliphatic heterocycles. The van der Waals surface area contributed by atoms with Crippen molar-refractivity contribution in [1.82, 2.24) is 15.3 Å². The fraction of sp³-hybridized carbons (Fsp3) is 0.185. The summed E-state index contributed by atoms with van der Waals surface area (Å²) < 4.78 is 8.19. The molecule has 5 nitrogen and oxygen atoms in total. The summed E-state index contributed by atoms with van der Waals surface area (Å²) in [6, 6.07) is 24.6. The van der Waals surface area contributed by atoms with Crippen LogP contribution in [0.4, 0.5) is 0 Å². The van der Waals surface area contributed by atoms with Crippen LogP contribution in [0.25, 0.3) is 10.9 Å². The van der Waals surface area contributed by atoms with Crippen molar-refractivity contribution in [2.24, 2.45) is 5.10 Å². The number of nitrogens with one attached hydrogen (secondary N) is 2. The lowest BCUT2D eigenvalue weighted by molar-refractivity contribution is 0.300. The fourth-order valence-corrected chi connectivity index (χ4v) is 3.73. The zero-order valence-electron chi connectivity index (χ0n) is 18.9. The van der Waals surface area contributed by atoms with Gasteiger partial charge in [0.05, 0.1) is 12.8 Å². The third-order valence-electron chi connectivity index (χ3n) is 5.56. The monoisotopic (exact) mass is 456 g/mol. The van der Waals surface area contributed by atoms with E-state index in [0.29, 0.717) is 18.3 Å². The van der Waals surface area contributed by atoms with Gasteiger partial charge in [-0.1, -0.05) is 54.6 Å². The Labute approximate surface area is 200 Å². The summed E-state index contributed by atoms with van der Waals surface area (Å²) in [6.07, 6.45) is 3.90. The zero-order chi connectivity index (χ0) is 23.0. The van der Waals surface area contributed by atoms with Gasteiger partial charge in [-0.15, -0.1) is 0 Å². The number of hydrazone groups is 1. The number of aryl methyl sites for hydroxylation is 2. The molecule has 1 heterocycles. The number of hydrogen-bond acceptors (Lipinski definition) is 3. The van der Waals surface area contributed by atoms with Gasteiger partial charge in [-0.2, -0.15) is 5.10 Å². The van der Waals surface area contributed by atoms with Crippen LogP contribution in [-0.2, 0) is 13.1 Å². The maximum Gasteiger partial charge on any atom is 0.187 e. The van der Waals surface area contributed by atoms with Crippen molar-refractivity contribution < 1.29 is 4.74 Å². The lowest BCUT2D eigenvalue weighted by atomic mass is 10.1. The molecule has 0 saturated carbocycles. The highest BCUT2D eigenvalue weighted by Crippen LogP contribution is 2.21. The van der Waals surface area contributed by atoms with Crippen LogP contribution in [0.1, 0.15) is 22.3 Å². The van der Waals surface area contributed by atoms with Gasteiger partial charge >= 0.3 is 0 Å². The number of para-hydroxylation sites is 1. The number of nitrogens with zero attached hydrogens (tertiary/aromatic N) is 2. The Balaban J connectivity index is 1.36. The van der Waals surface area contributed by atoms with E-state index in [1.54, 1.807) is 6.21 Å². The van der Waals surface area contributed by atoms with Crippen molar-refractivity contribution in [2.75, 3.05) is 6.61 Å². The highest BCUT2D eigenvalue weighted by molar-refractivity contribution is 7.80. The Morgan fingerprint density at radius 3 is 2.61 bits per heavy atom. The van der Waals surface area contributed by atoms with Gasteiger partial charge in [0.15, 0.2) is 5.11 Å². The first-order chi connectivity index (χ1) is 16.1. The molecule has 2 N–H and O–H groups in total. The number of fused-ring (bicyclic) bond motifs is 1. The van der Waals surface area contributed by atoms with Crippen molar-refractivity contribution in [1.29, 1.82) is 0 Å². The summed E-state index contributed by atoms with van der Waals surface area (Å²) in [5.41, 5.74) is 8.74. The lowest BCUT2D eigenvalue weighted by Crippen LogP contribution is -2.31. The summed E-state index contributed by atoms with van der Waals surface area (Å²) in [5.74, 6) is 0.900. The maximum atomic E-state index is 5.99. The Morgan fingerprint density at radius 1 is 1.00 bits per heavy atom. The molecule has 0 fully saturated rings. The van der Waals surface area contributed by atoms with Crippen LogP contribution in [0.3, 0.4) is 0 Å². The van der Waals surface area contributed by atoms with E-state index in [9.17, 15) is 0 Å². The molecule has 3 aromatic carbocycles. The van der Waals surface area contributed by atoms with E-state index >= 15 is 0 Å². The van der Waals surface area contributed by atoms with E-state index in [-0.39, 0.29) is 0 Å². The fourth-order valence-electron chi connectivity index (χ4n) is 3.61. The van der Waals surface area contributed by atoms with Gasteiger partial charge in [0, 0.05) is 29.2 Å². The second-order valence-corrected chi connectivity index (χ2v) is 8.34. The van der Waals surface area contributed by atoms with Crippen molar-refractivity contribution in [2.45, 2.75) is 26.9 Å². The van der Waals surface area contributed by atoms with E-state index in [1.807, 2.05) is 36.4 Å². The first kappa shape index (κ1) is 22.6. The van der Waals surface area contributed by atoms with Crippen LogP contribution in [0.2, 0.25) is 0 Å². The highest BCUT2D eigenvalue weighted by atomic mass is 32.1.